The van der Waals surface area contributed by atoms with Gasteiger partial charge in [0.15, 0.2) is 5.15 Å². The Hall–Kier alpha value is -1.52. The van der Waals surface area contributed by atoms with Gasteiger partial charge >= 0.3 is 0 Å². The average molecular weight is 222 g/mol. The summed E-state index contributed by atoms with van der Waals surface area (Å²) in [5.41, 5.74) is 1.26. The number of halogens is 1. The smallest absolute Gasteiger partial charge is 0.157 e. The van der Waals surface area contributed by atoms with Gasteiger partial charge in [-0.3, -0.25) is 4.98 Å². The second-order valence-corrected chi connectivity index (χ2v) is 3.32. The topological polar surface area (TPSA) is 58.9 Å². The Morgan fingerprint density at radius 1 is 1.13 bits per heavy atom. The first-order valence-electron chi connectivity index (χ1n) is 4.34. The van der Waals surface area contributed by atoms with Crippen LogP contribution in [0.3, 0.4) is 0 Å². The molecular weight excluding hydrogens is 214 g/mol. The zero-order chi connectivity index (χ0) is 10.7. The van der Waals surface area contributed by atoms with E-state index in [0.717, 1.165) is 5.56 Å². The van der Waals surface area contributed by atoms with Crippen molar-refractivity contribution in [1.29, 1.82) is 0 Å². The summed E-state index contributed by atoms with van der Waals surface area (Å²) in [6.07, 6.45) is 3.92. The van der Waals surface area contributed by atoms with Crippen LogP contribution in [0.2, 0.25) is 5.15 Å². The fraction of sp³-hybridized carbons (Fsp3) is 0.100. The molecule has 1 unspecified atom stereocenters. The van der Waals surface area contributed by atoms with E-state index >= 15 is 0 Å². The lowest BCUT2D eigenvalue weighted by molar-refractivity contribution is 0.219. The van der Waals surface area contributed by atoms with Gasteiger partial charge in [0.25, 0.3) is 0 Å². The maximum Gasteiger partial charge on any atom is 0.157 e. The minimum atomic E-state index is -0.795. The molecule has 4 nitrogen and oxygen atoms in total. The molecule has 76 valence electrons. The van der Waals surface area contributed by atoms with Crippen molar-refractivity contribution in [2.75, 3.05) is 0 Å². The maximum absolute atomic E-state index is 9.99. The Kier molecular flexibility index (Phi) is 2.89. The van der Waals surface area contributed by atoms with Gasteiger partial charge in [-0.25, -0.2) is 0 Å². The van der Waals surface area contributed by atoms with Crippen LogP contribution < -0.4 is 0 Å². The number of rotatable bonds is 2. The third-order valence-electron chi connectivity index (χ3n) is 2.02. The third kappa shape index (κ3) is 2.11. The highest BCUT2D eigenvalue weighted by Gasteiger charge is 2.14. The lowest BCUT2D eigenvalue weighted by atomic mass is 10.1. The number of aromatic nitrogens is 3. The molecule has 2 rings (SSSR count). The van der Waals surface area contributed by atoms with E-state index in [-0.39, 0.29) is 5.15 Å². The Morgan fingerprint density at radius 3 is 2.53 bits per heavy atom. The predicted octanol–water partition coefficient (Wildman–Crippen LogP) is 1.61. The first-order valence-corrected chi connectivity index (χ1v) is 4.72. The zero-order valence-corrected chi connectivity index (χ0v) is 8.46. The molecule has 2 aromatic heterocycles. The molecule has 2 aromatic rings. The molecule has 0 aliphatic rings. The lowest BCUT2D eigenvalue weighted by Crippen LogP contribution is -2.02. The van der Waals surface area contributed by atoms with E-state index in [9.17, 15) is 5.11 Å². The number of hydrogen-bond donors (Lipinski definition) is 1. The molecule has 1 atom stereocenters. The summed E-state index contributed by atoms with van der Waals surface area (Å²) in [5.74, 6) is 0. The van der Waals surface area contributed by atoms with Crippen molar-refractivity contribution in [3.63, 3.8) is 0 Å². The van der Waals surface area contributed by atoms with Crippen LogP contribution in [0, 0.1) is 0 Å². The average Bonchev–Trinajstić information content (AvgIpc) is 2.30. The van der Waals surface area contributed by atoms with E-state index in [1.807, 2.05) is 0 Å². The molecule has 0 aromatic carbocycles. The summed E-state index contributed by atoms with van der Waals surface area (Å²) in [7, 11) is 0. The van der Waals surface area contributed by atoms with Gasteiger partial charge in [0.05, 0.1) is 6.20 Å². The van der Waals surface area contributed by atoms with E-state index in [1.54, 1.807) is 30.6 Å². The van der Waals surface area contributed by atoms with Crippen LogP contribution in [-0.4, -0.2) is 20.3 Å². The fourth-order valence-electron chi connectivity index (χ4n) is 1.25. The Labute approximate surface area is 91.6 Å². The lowest BCUT2D eigenvalue weighted by Gasteiger charge is -2.10. The van der Waals surface area contributed by atoms with Gasteiger partial charge in [-0.05, 0) is 23.8 Å². The first-order chi connectivity index (χ1) is 7.29. The molecule has 0 bridgehead atoms. The second kappa shape index (κ2) is 4.33. The van der Waals surface area contributed by atoms with E-state index in [2.05, 4.69) is 15.2 Å². The van der Waals surface area contributed by atoms with Gasteiger partial charge in [0.2, 0.25) is 0 Å². The number of aliphatic hydroxyl groups is 1. The van der Waals surface area contributed by atoms with Crippen molar-refractivity contribution in [2.45, 2.75) is 6.10 Å². The number of hydrogen-bond acceptors (Lipinski definition) is 4. The van der Waals surface area contributed by atoms with Gasteiger partial charge < -0.3 is 5.11 Å². The molecule has 0 aliphatic heterocycles. The summed E-state index contributed by atoms with van der Waals surface area (Å²) < 4.78 is 0. The SMILES string of the molecule is OC(c1ccncc1)c1ccnnc1Cl. The van der Waals surface area contributed by atoms with Crippen molar-refractivity contribution >= 4 is 11.6 Å². The maximum atomic E-state index is 9.99. The standard InChI is InChI=1S/C10H8ClN3O/c11-10-8(3-6-13-14-10)9(15)7-1-4-12-5-2-7/h1-6,9,15H. The van der Waals surface area contributed by atoms with Gasteiger partial charge in [-0.2, -0.15) is 5.10 Å². The molecule has 0 saturated carbocycles. The Balaban J connectivity index is 2.37. The number of pyridine rings is 1. The Morgan fingerprint density at radius 2 is 1.87 bits per heavy atom. The molecule has 15 heavy (non-hydrogen) atoms. The summed E-state index contributed by atoms with van der Waals surface area (Å²) in [6, 6.07) is 5.09. The van der Waals surface area contributed by atoms with Crippen LogP contribution >= 0.6 is 11.6 Å². The van der Waals surface area contributed by atoms with Crippen molar-refractivity contribution in [2.24, 2.45) is 0 Å². The largest absolute Gasteiger partial charge is 0.384 e. The van der Waals surface area contributed by atoms with Crippen molar-refractivity contribution in [3.05, 3.63) is 53.1 Å². The van der Waals surface area contributed by atoms with Gasteiger partial charge in [-0.1, -0.05) is 11.6 Å². The zero-order valence-electron chi connectivity index (χ0n) is 7.71. The highest BCUT2D eigenvalue weighted by atomic mass is 35.5. The molecule has 2 heterocycles. The second-order valence-electron chi connectivity index (χ2n) is 2.96. The molecule has 0 aliphatic carbocycles. The molecule has 0 spiro atoms. The summed E-state index contributed by atoms with van der Waals surface area (Å²) in [6.45, 7) is 0. The fourth-order valence-corrected chi connectivity index (χ4v) is 1.46. The summed E-state index contributed by atoms with van der Waals surface area (Å²) >= 11 is 5.82. The summed E-state index contributed by atoms with van der Waals surface area (Å²) in [4.78, 5) is 3.87. The number of aliphatic hydroxyl groups excluding tert-OH is 1. The minimum absolute atomic E-state index is 0.210. The summed E-state index contributed by atoms with van der Waals surface area (Å²) in [5, 5.41) is 17.5. The molecule has 0 saturated heterocycles. The van der Waals surface area contributed by atoms with Gasteiger partial charge in [0.1, 0.15) is 6.10 Å². The van der Waals surface area contributed by atoms with E-state index in [4.69, 9.17) is 11.6 Å². The van der Waals surface area contributed by atoms with Gasteiger partial charge in [0, 0.05) is 18.0 Å². The molecule has 0 radical (unpaired) electrons. The molecule has 0 amide bonds. The van der Waals surface area contributed by atoms with Crippen molar-refractivity contribution in [1.82, 2.24) is 15.2 Å². The number of nitrogens with zero attached hydrogens (tertiary/aromatic N) is 3. The van der Waals surface area contributed by atoms with Crippen molar-refractivity contribution in [3.8, 4) is 0 Å². The Bertz CT molecular complexity index is 449. The third-order valence-corrected chi connectivity index (χ3v) is 2.31. The first kappa shape index (κ1) is 10.0. The van der Waals surface area contributed by atoms with Crippen LogP contribution in [0.4, 0.5) is 0 Å². The predicted molar refractivity (Wildman–Crippen MR) is 55.3 cm³/mol. The minimum Gasteiger partial charge on any atom is -0.384 e. The normalized spacial score (nSPS) is 12.4. The van der Waals surface area contributed by atoms with Crippen LogP contribution in [0.15, 0.2) is 36.8 Å². The van der Waals surface area contributed by atoms with E-state index in [0.29, 0.717) is 5.56 Å². The molecule has 5 heteroatoms. The monoisotopic (exact) mass is 221 g/mol. The van der Waals surface area contributed by atoms with Crippen LogP contribution in [-0.2, 0) is 0 Å². The van der Waals surface area contributed by atoms with Crippen LogP contribution in [0.1, 0.15) is 17.2 Å². The van der Waals surface area contributed by atoms with E-state index < -0.39 is 6.10 Å². The van der Waals surface area contributed by atoms with Gasteiger partial charge in [-0.15, -0.1) is 5.10 Å². The van der Waals surface area contributed by atoms with Crippen molar-refractivity contribution < 1.29 is 5.11 Å². The highest BCUT2D eigenvalue weighted by molar-refractivity contribution is 6.30. The molecule has 0 fully saturated rings. The highest BCUT2D eigenvalue weighted by Crippen LogP contribution is 2.25. The van der Waals surface area contributed by atoms with Crippen LogP contribution in [0.5, 0.6) is 0 Å². The van der Waals surface area contributed by atoms with Crippen LogP contribution in [0.25, 0.3) is 0 Å². The quantitative estimate of drug-likeness (QED) is 0.837. The van der Waals surface area contributed by atoms with E-state index in [1.165, 1.54) is 6.20 Å². The molecular formula is C10H8ClN3O. The molecule has 1 N–H and O–H groups in total.